The van der Waals surface area contributed by atoms with Gasteiger partial charge in [0.25, 0.3) is 0 Å². The van der Waals surface area contributed by atoms with E-state index < -0.39 is 0 Å². The molecule has 0 amide bonds. The van der Waals surface area contributed by atoms with Gasteiger partial charge in [-0.2, -0.15) is 0 Å². The van der Waals surface area contributed by atoms with Gasteiger partial charge in [-0.1, -0.05) is 17.0 Å². The topological polar surface area (TPSA) is 58.4 Å². The Balaban J connectivity index is 1.87. The molecule has 0 bridgehead atoms. The second-order valence-electron chi connectivity index (χ2n) is 4.52. The summed E-state index contributed by atoms with van der Waals surface area (Å²) in [7, 11) is 3.23. The van der Waals surface area contributed by atoms with Crippen LogP contribution in [-0.2, 0) is 6.61 Å². The lowest BCUT2D eigenvalue weighted by atomic mass is 10.2. The number of aromatic nitrogens is 3. The third-order valence-electron chi connectivity index (χ3n) is 3.22. The Morgan fingerprint density at radius 1 is 1.09 bits per heavy atom. The zero-order valence-corrected chi connectivity index (χ0v) is 13.7. The van der Waals surface area contributed by atoms with Crippen LogP contribution in [0.3, 0.4) is 0 Å². The van der Waals surface area contributed by atoms with Crippen molar-refractivity contribution < 1.29 is 14.3 Å². The Morgan fingerprint density at radius 2 is 1.86 bits per heavy atom. The molecule has 0 atom stereocenters. The van der Waals surface area contributed by atoms with Crippen molar-refractivity contribution in [2.24, 2.45) is 0 Å². The second kappa shape index (κ2) is 6.23. The van der Waals surface area contributed by atoms with Crippen LogP contribution in [0.1, 0.15) is 5.56 Å². The van der Waals surface area contributed by atoms with Crippen LogP contribution in [0.5, 0.6) is 11.5 Å². The molecule has 0 aliphatic carbocycles. The lowest BCUT2D eigenvalue weighted by Gasteiger charge is -2.12. The number of fused-ring (bicyclic) bond motifs is 1. The molecule has 0 unspecified atom stereocenters. The Hall–Kier alpha value is -2.28. The molecule has 0 spiro atoms. The van der Waals surface area contributed by atoms with Gasteiger partial charge < -0.3 is 14.3 Å². The summed E-state index contributed by atoms with van der Waals surface area (Å²) in [5, 5.41) is 8.04. The fourth-order valence-electron chi connectivity index (χ4n) is 2.11. The number of hydrogen-bond acceptors (Lipinski definition) is 5. The molecule has 0 radical (unpaired) electrons. The van der Waals surface area contributed by atoms with Crippen molar-refractivity contribution in [2.75, 3.05) is 14.2 Å². The Bertz CT molecular complexity index is 804. The summed E-state index contributed by atoms with van der Waals surface area (Å²) >= 11 is 3.43. The van der Waals surface area contributed by atoms with E-state index >= 15 is 0 Å². The maximum absolute atomic E-state index is 5.72. The normalized spacial score (nSPS) is 10.7. The highest BCUT2D eigenvalue weighted by Crippen LogP contribution is 2.32. The van der Waals surface area contributed by atoms with E-state index in [1.807, 2.05) is 36.4 Å². The summed E-state index contributed by atoms with van der Waals surface area (Å²) in [5.41, 5.74) is 2.44. The molecule has 1 aromatic heterocycles. The number of rotatable bonds is 5. The smallest absolute Gasteiger partial charge is 0.146 e. The third-order valence-corrected chi connectivity index (χ3v) is 3.84. The van der Waals surface area contributed by atoms with Crippen molar-refractivity contribution in [1.82, 2.24) is 15.2 Å². The number of nitrogens with zero attached hydrogens (tertiary/aromatic N) is 3. The molecule has 114 valence electrons. The SMILES string of the molecule is COc1cc(COn2nnc3ccccc32)c(OC)cc1Br. The first kappa shape index (κ1) is 14.6. The lowest BCUT2D eigenvalue weighted by molar-refractivity contribution is 0.0737. The van der Waals surface area contributed by atoms with Crippen LogP contribution >= 0.6 is 15.9 Å². The molecule has 0 fully saturated rings. The minimum absolute atomic E-state index is 0.278. The van der Waals surface area contributed by atoms with Crippen molar-refractivity contribution in [3.63, 3.8) is 0 Å². The maximum Gasteiger partial charge on any atom is 0.146 e. The van der Waals surface area contributed by atoms with Gasteiger partial charge in [0.2, 0.25) is 0 Å². The van der Waals surface area contributed by atoms with Crippen LogP contribution in [0, 0.1) is 0 Å². The minimum Gasteiger partial charge on any atom is -0.496 e. The lowest BCUT2D eigenvalue weighted by Crippen LogP contribution is -2.13. The Labute approximate surface area is 135 Å². The summed E-state index contributed by atoms with van der Waals surface area (Å²) < 4.78 is 11.5. The fourth-order valence-corrected chi connectivity index (χ4v) is 2.59. The molecule has 2 aromatic carbocycles. The number of hydrogen-bond donors (Lipinski definition) is 0. The van der Waals surface area contributed by atoms with Gasteiger partial charge >= 0.3 is 0 Å². The van der Waals surface area contributed by atoms with Crippen LogP contribution in [0.15, 0.2) is 40.9 Å². The number of methoxy groups -OCH3 is 2. The highest BCUT2D eigenvalue weighted by Gasteiger charge is 2.11. The van der Waals surface area contributed by atoms with E-state index in [9.17, 15) is 0 Å². The van der Waals surface area contributed by atoms with Gasteiger partial charge in [-0.05, 0) is 45.4 Å². The zero-order chi connectivity index (χ0) is 15.5. The second-order valence-corrected chi connectivity index (χ2v) is 5.38. The molecule has 7 heteroatoms. The van der Waals surface area contributed by atoms with Crippen LogP contribution in [0.25, 0.3) is 11.0 Å². The van der Waals surface area contributed by atoms with Gasteiger partial charge in [0, 0.05) is 5.56 Å². The van der Waals surface area contributed by atoms with E-state index in [-0.39, 0.29) is 6.61 Å². The predicted octanol–water partition coefficient (Wildman–Crippen LogP) is 2.84. The van der Waals surface area contributed by atoms with Gasteiger partial charge in [-0.25, -0.2) is 0 Å². The average Bonchev–Trinajstić information content (AvgIpc) is 2.96. The highest BCUT2D eigenvalue weighted by atomic mass is 79.9. The first-order valence-corrected chi connectivity index (χ1v) is 7.36. The molecule has 1 heterocycles. The van der Waals surface area contributed by atoms with Gasteiger partial charge in [0.15, 0.2) is 0 Å². The van der Waals surface area contributed by atoms with Gasteiger partial charge in [-0.3, -0.25) is 0 Å². The summed E-state index contributed by atoms with van der Waals surface area (Å²) in [6, 6.07) is 11.3. The van der Waals surface area contributed by atoms with Gasteiger partial charge in [0.05, 0.1) is 18.7 Å². The molecule has 3 aromatic rings. The van der Waals surface area contributed by atoms with E-state index in [0.717, 1.165) is 21.1 Å². The number of para-hydroxylation sites is 1. The standard InChI is InChI=1S/C15H14BrN3O3/c1-20-14-8-11(16)15(21-2)7-10(14)9-22-19-13-6-4-3-5-12(13)17-18-19/h3-8H,9H2,1-2H3. The predicted molar refractivity (Wildman–Crippen MR) is 85.1 cm³/mol. The molecule has 0 aliphatic heterocycles. The molecule has 3 rings (SSSR count). The molecule has 6 nitrogen and oxygen atoms in total. The van der Waals surface area contributed by atoms with E-state index in [0.29, 0.717) is 11.5 Å². The van der Waals surface area contributed by atoms with Crippen LogP contribution in [0.2, 0.25) is 0 Å². The average molecular weight is 364 g/mol. The summed E-state index contributed by atoms with van der Waals surface area (Å²) in [6.45, 7) is 0.278. The van der Waals surface area contributed by atoms with Crippen LogP contribution in [0.4, 0.5) is 0 Å². The first-order valence-electron chi connectivity index (χ1n) is 6.57. The zero-order valence-electron chi connectivity index (χ0n) is 12.1. The molecule has 0 saturated heterocycles. The van der Waals surface area contributed by atoms with E-state index in [2.05, 4.69) is 26.2 Å². The molecule has 22 heavy (non-hydrogen) atoms. The van der Waals surface area contributed by atoms with E-state index in [1.165, 1.54) is 4.85 Å². The van der Waals surface area contributed by atoms with E-state index in [4.69, 9.17) is 14.3 Å². The monoisotopic (exact) mass is 363 g/mol. The third kappa shape index (κ3) is 2.71. The largest absolute Gasteiger partial charge is 0.496 e. The number of benzene rings is 2. The molecule has 0 saturated carbocycles. The minimum atomic E-state index is 0.278. The fraction of sp³-hybridized carbons (Fsp3) is 0.200. The number of ether oxygens (including phenoxy) is 2. The van der Waals surface area contributed by atoms with Gasteiger partial charge in [0.1, 0.15) is 29.1 Å². The Morgan fingerprint density at radius 3 is 2.64 bits per heavy atom. The molecular formula is C15H14BrN3O3. The molecule has 0 aliphatic rings. The molecule has 0 N–H and O–H groups in total. The Kier molecular flexibility index (Phi) is 4.15. The van der Waals surface area contributed by atoms with Crippen LogP contribution < -0.4 is 14.3 Å². The highest BCUT2D eigenvalue weighted by molar-refractivity contribution is 9.10. The maximum atomic E-state index is 5.72. The molecular weight excluding hydrogens is 350 g/mol. The summed E-state index contributed by atoms with van der Waals surface area (Å²) in [5.74, 6) is 1.42. The van der Waals surface area contributed by atoms with E-state index in [1.54, 1.807) is 14.2 Å². The van der Waals surface area contributed by atoms with Crippen LogP contribution in [-0.4, -0.2) is 29.4 Å². The van der Waals surface area contributed by atoms with Crippen molar-refractivity contribution >= 4 is 27.0 Å². The van der Waals surface area contributed by atoms with Crippen molar-refractivity contribution in [1.29, 1.82) is 0 Å². The van der Waals surface area contributed by atoms with Crippen molar-refractivity contribution in [3.8, 4) is 11.5 Å². The quantitative estimate of drug-likeness (QED) is 0.697. The first-order chi connectivity index (χ1) is 10.7. The number of halogens is 1. The van der Waals surface area contributed by atoms with Crippen molar-refractivity contribution in [2.45, 2.75) is 6.61 Å². The van der Waals surface area contributed by atoms with Gasteiger partial charge in [-0.15, -0.1) is 5.10 Å². The van der Waals surface area contributed by atoms with Crippen molar-refractivity contribution in [3.05, 3.63) is 46.4 Å². The summed E-state index contributed by atoms with van der Waals surface area (Å²) in [4.78, 5) is 7.13. The summed E-state index contributed by atoms with van der Waals surface area (Å²) in [6.07, 6.45) is 0.